The molecule has 0 aliphatic carbocycles. The van der Waals surface area contributed by atoms with Crippen molar-refractivity contribution in [2.24, 2.45) is 5.92 Å². The third-order valence-electron chi connectivity index (χ3n) is 2.31. The molecule has 5 heteroatoms. The summed E-state index contributed by atoms with van der Waals surface area (Å²) >= 11 is 0. The van der Waals surface area contributed by atoms with Gasteiger partial charge in [0.15, 0.2) is 0 Å². The van der Waals surface area contributed by atoms with Gasteiger partial charge >= 0.3 is 5.97 Å². The van der Waals surface area contributed by atoms with Gasteiger partial charge in [0.05, 0.1) is 19.1 Å². The van der Waals surface area contributed by atoms with E-state index in [1.807, 2.05) is 4.90 Å². The lowest BCUT2D eigenvalue weighted by Gasteiger charge is -2.28. The Hall–Kier alpha value is -0.940. The molecular weight excluding hydrogens is 186 g/mol. The molecule has 0 aromatic rings. The van der Waals surface area contributed by atoms with Gasteiger partial charge in [-0.25, -0.2) is 0 Å². The fourth-order valence-corrected chi connectivity index (χ4v) is 1.47. The topological polar surface area (TPSA) is 66.8 Å². The van der Waals surface area contributed by atoms with Gasteiger partial charge in [0.1, 0.15) is 6.29 Å². The summed E-state index contributed by atoms with van der Waals surface area (Å²) in [4.78, 5) is 23.0. The summed E-state index contributed by atoms with van der Waals surface area (Å²) in [6.45, 7) is 3.24. The van der Waals surface area contributed by atoms with E-state index >= 15 is 0 Å². The predicted molar refractivity (Wildman–Crippen MR) is 49.1 cm³/mol. The minimum atomic E-state index is -0.899. The third-order valence-corrected chi connectivity index (χ3v) is 2.31. The molecule has 0 spiro atoms. The first-order chi connectivity index (χ1) is 6.74. The second-order valence-corrected chi connectivity index (χ2v) is 3.35. The summed E-state index contributed by atoms with van der Waals surface area (Å²) in [7, 11) is 0. The van der Waals surface area contributed by atoms with Gasteiger partial charge in [-0.3, -0.25) is 9.69 Å². The summed E-state index contributed by atoms with van der Waals surface area (Å²) in [5.74, 6) is -1.48. The van der Waals surface area contributed by atoms with Gasteiger partial charge in [-0.2, -0.15) is 0 Å². The Morgan fingerprint density at radius 2 is 2.14 bits per heavy atom. The van der Waals surface area contributed by atoms with Crippen LogP contribution in [0.15, 0.2) is 0 Å². The molecule has 1 unspecified atom stereocenters. The first-order valence-electron chi connectivity index (χ1n) is 4.70. The third kappa shape index (κ3) is 3.43. The van der Waals surface area contributed by atoms with Crippen molar-refractivity contribution in [1.82, 2.24) is 4.90 Å². The van der Waals surface area contributed by atoms with Crippen LogP contribution in [0.4, 0.5) is 0 Å². The molecule has 1 rings (SSSR count). The molecule has 0 radical (unpaired) electrons. The lowest BCUT2D eigenvalue weighted by atomic mass is 10.1. The van der Waals surface area contributed by atoms with Crippen LogP contribution in [-0.4, -0.2) is 55.1 Å². The Morgan fingerprint density at radius 1 is 1.50 bits per heavy atom. The van der Waals surface area contributed by atoms with E-state index in [4.69, 9.17) is 9.84 Å². The second-order valence-electron chi connectivity index (χ2n) is 3.35. The molecule has 0 bridgehead atoms. The van der Waals surface area contributed by atoms with Crippen molar-refractivity contribution in [2.75, 3.05) is 32.8 Å². The first-order valence-corrected chi connectivity index (χ1v) is 4.70. The van der Waals surface area contributed by atoms with Crippen LogP contribution in [0.2, 0.25) is 0 Å². The average molecular weight is 201 g/mol. The molecule has 14 heavy (non-hydrogen) atoms. The Balaban J connectivity index is 2.36. The lowest BCUT2D eigenvalue weighted by Crippen LogP contribution is -2.41. The van der Waals surface area contributed by atoms with Crippen molar-refractivity contribution in [2.45, 2.75) is 6.42 Å². The monoisotopic (exact) mass is 201 g/mol. The molecule has 1 N–H and O–H groups in total. The maximum atomic E-state index is 10.7. The number of aldehydes is 1. The molecule has 0 aromatic carbocycles. The summed E-state index contributed by atoms with van der Waals surface area (Å²) in [5, 5.41) is 8.82. The number of carboxylic acids is 1. The summed E-state index contributed by atoms with van der Waals surface area (Å²) in [6, 6.07) is 0. The molecular formula is C9H15NO4. The summed E-state index contributed by atoms with van der Waals surface area (Å²) < 4.78 is 5.14. The van der Waals surface area contributed by atoms with E-state index < -0.39 is 11.9 Å². The van der Waals surface area contributed by atoms with E-state index in [-0.39, 0.29) is 6.42 Å². The molecule has 1 aliphatic heterocycles. The molecule has 0 saturated carbocycles. The van der Waals surface area contributed by atoms with Crippen molar-refractivity contribution in [3.63, 3.8) is 0 Å². The van der Waals surface area contributed by atoms with E-state index in [0.29, 0.717) is 26.0 Å². The number of nitrogens with zero attached hydrogens (tertiary/aromatic N) is 1. The van der Waals surface area contributed by atoms with Gasteiger partial charge < -0.3 is 14.6 Å². The number of carbonyl (C=O) groups is 2. The van der Waals surface area contributed by atoms with Crippen LogP contribution >= 0.6 is 0 Å². The van der Waals surface area contributed by atoms with E-state index in [9.17, 15) is 9.59 Å². The molecule has 1 saturated heterocycles. The highest BCUT2D eigenvalue weighted by molar-refractivity contribution is 5.73. The number of carboxylic acid groups (broad SMARTS) is 1. The van der Waals surface area contributed by atoms with Crippen LogP contribution in [0.25, 0.3) is 0 Å². The smallest absolute Gasteiger partial charge is 0.308 e. The SMILES string of the molecule is O=CCC(CN1CCOCC1)C(=O)O. The predicted octanol–water partition coefficient (Wildman–Crippen LogP) is -0.392. The number of ether oxygens (including phenoxy) is 1. The minimum absolute atomic E-state index is 0.0900. The van der Waals surface area contributed by atoms with Crippen LogP contribution in [-0.2, 0) is 14.3 Å². The standard InChI is InChI=1S/C9H15NO4/c11-4-1-8(9(12)13)7-10-2-5-14-6-3-10/h4,8H,1-3,5-7H2,(H,12,13). The Morgan fingerprint density at radius 3 is 2.64 bits per heavy atom. The van der Waals surface area contributed by atoms with Gasteiger partial charge in [-0.1, -0.05) is 0 Å². The highest BCUT2D eigenvalue weighted by atomic mass is 16.5. The molecule has 0 amide bonds. The number of aliphatic carboxylic acids is 1. The molecule has 1 atom stereocenters. The largest absolute Gasteiger partial charge is 0.481 e. The quantitative estimate of drug-likeness (QED) is 0.613. The summed E-state index contributed by atoms with van der Waals surface area (Å²) in [5.41, 5.74) is 0. The first kappa shape index (κ1) is 11.1. The van der Waals surface area contributed by atoms with Crippen molar-refractivity contribution in [3.8, 4) is 0 Å². The maximum Gasteiger partial charge on any atom is 0.308 e. The fourth-order valence-electron chi connectivity index (χ4n) is 1.47. The highest BCUT2D eigenvalue weighted by Crippen LogP contribution is 2.06. The normalized spacial score (nSPS) is 20.3. The van der Waals surface area contributed by atoms with Crippen molar-refractivity contribution in [3.05, 3.63) is 0 Å². The molecule has 0 aromatic heterocycles. The zero-order chi connectivity index (χ0) is 10.4. The van der Waals surface area contributed by atoms with E-state index in [0.717, 1.165) is 13.1 Å². The maximum absolute atomic E-state index is 10.7. The minimum Gasteiger partial charge on any atom is -0.481 e. The fraction of sp³-hybridized carbons (Fsp3) is 0.778. The van der Waals surface area contributed by atoms with Crippen LogP contribution in [0, 0.1) is 5.92 Å². The van der Waals surface area contributed by atoms with Crippen LogP contribution in [0.5, 0.6) is 0 Å². The number of rotatable bonds is 5. The van der Waals surface area contributed by atoms with Gasteiger partial charge in [0.2, 0.25) is 0 Å². The van der Waals surface area contributed by atoms with Crippen LogP contribution in [0.3, 0.4) is 0 Å². The molecule has 1 aliphatic rings. The second kappa shape index (κ2) is 5.72. The zero-order valence-corrected chi connectivity index (χ0v) is 8.02. The van der Waals surface area contributed by atoms with Crippen molar-refractivity contribution < 1.29 is 19.4 Å². The zero-order valence-electron chi connectivity index (χ0n) is 8.02. The van der Waals surface area contributed by atoms with E-state index in [1.165, 1.54) is 0 Å². The Bertz CT molecular complexity index is 201. The summed E-state index contributed by atoms with van der Waals surface area (Å²) in [6.07, 6.45) is 0.756. The highest BCUT2D eigenvalue weighted by Gasteiger charge is 2.21. The van der Waals surface area contributed by atoms with Gasteiger partial charge in [-0.15, -0.1) is 0 Å². The number of hydrogen-bond donors (Lipinski definition) is 1. The van der Waals surface area contributed by atoms with E-state index in [1.54, 1.807) is 0 Å². The number of morpholine rings is 1. The average Bonchev–Trinajstić information content (AvgIpc) is 2.18. The van der Waals surface area contributed by atoms with Crippen molar-refractivity contribution in [1.29, 1.82) is 0 Å². The molecule has 80 valence electrons. The lowest BCUT2D eigenvalue weighted by molar-refractivity contribution is -0.144. The number of carbonyl (C=O) groups excluding carboxylic acids is 1. The van der Waals surface area contributed by atoms with Gasteiger partial charge in [0, 0.05) is 26.1 Å². The Labute approximate surface area is 82.6 Å². The van der Waals surface area contributed by atoms with Crippen LogP contribution < -0.4 is 0 Å². The van der Waals surface area contributed by atoms with Gasteiger partial charge in [0.25, 0.3) is 0 Å². The molecule has 5 nitrogen and oxygen atoms in total. The Kier molecular flexibility index (Phi) is 4.55. The van der Waals surface area contributed by atoms with Crippen molar-refractivity contribution >= 4 is 12.3 Å². The van der Waals surface area contributed by atoms with Crippen LogP contribution in [0.1, 0.15) is 6.42 Å². The molecule has 1 fully saturated rings. The molecule has 1 heterocycles. The van der Waals surface area contributed by atoms with Gasteiger partial charge in [-0.05, 0) is 0 Å². The number of hydrogen-bond acceptors (Lipinski definition) is 4. The van der Waals surface area contributed by atoms with E-state index in [2.05, 4.69) is 0 Å².